The summed E-state index contributed by atoms with van der Waals surface area (Å²) in [5, 5.41) is 0. The molecule has 11 heavy (non-hydrogen) atoms. The Morgan fingerprint density at radius 2 is 2.18 bits per heavy atom. The van der Waals surface area contributed by atoms with E-state index in [9.17, 15) is 8.78 Å². The number of halogens is 2. The predicted molar refractivity (Wildman–Crippen MR) is 35.2 cm³/mol. The summed E-state index contributed by atoms with van der Waals surface area (Å²) in [7, 11) is 0. The summed E-state index contributed by atoms with van der Waals surface area (Å²) >= 11 is 0. The topological polar surface area (TPSA) is 28.9 Å². The van der Waals surface area contributed by atoms with Gasteiger partial charge in [0, 0.05) is 0 Å². The SMILES string of the molecule is Cc1[nH]c2c(F)coc2c1F. The minimum absolute atomic E-state index is 0.0417. The van der Waals surface area contributed by atoms with Gasteiger partial charge in [0.2, 0.25) is 0 Å². The van der Waals surface area contributed by atoms with E-state index in [-0.39, 0.29) is 11.1 Å². The zero-order valence-corrected chi connectivity index (χ0v) is 5.74. The Morgan fingerprint density at radius 3 is 2.82 bits per heavy atom. The van der Waals surface area contributed by atoms with Crippen molar-refractivity contribution in [2.24, 2.45) is 0 Å². The van der Waals surface area contributed by atoms with Gasteiger partial charge in [0.15, 0.2) is 17.2 Å². The van der Waals surface area contributed by atoms with Gasteiger partial charge in [-0.2, -0.15) is 0 Å². The lowest BCUT2D eigenvalue weighted by Gasteiger charge is -1.80. The summed E-state index contributed by atoms with van der Waals surface area (Å²) in [6.45, 7) is 1.52. The largest absolute Gasteiger partial charge is 0.456 e. The average Bonchev–Trinajstić information content (AvgIpc) is 2.43. The van der Waals surface area contributed by atoms with Gasteiger partial charge in [0.05, 0.1) is 5.69 Å². The third kappa shape index (κ3) is 0.691. The highest BCUT2D eigenvalue weighted by Gasteiger charge is 2.14. The normalized spacial score (nSPS) is 11.2. The van der Waals surface area contributed by atoms with Crippen LogP contribution in [0, 0.1) is 18.6 Å². The lowest BCUT2D eigenvalue weighted by Crippen LogP contribution is -1.73. The molecule has 2 rings (SSSR count). The van der Waals surface area contributed by atoms with Crippen LogP contribution < -0.4 is 0 Å². The van der Waals surface area contributed by atoms with Crippen LogP contribution in [0.25, 0.3) is 11.1 Å². The van der Waals surface area contributed by atoms with Gasteiger partial charge in [0.25, 0.3) is 0 Å². The van der Waals surface area contributed by atoms with Crippen molar-refractivity contribution >= 4 is 11.1 Å². The molecule has 2 aromatic heterocycles. The first-order chi connectivity index (χ1) is 5.20. The number of aryl methyl sites for hydroxylation is 1. The van der Waals surface area contributed by atoms with Crippen LogP contribution in [-0.2, 0) is 0 Å². The molecule has 4 heteroatoms. The highest BCUT2D eigenvalue weighted by atomic mass is 19.1. The van der Waals surface area contributed by atoms with E-state index in [4.69, 9.17) is 0 Å². The summed E-state index contributed by atoms with van der Waals surface area (Å²) in [6.07, 6.45) is 0.879. The number of fused-ring (bicyclic) bond motifs is 1. The molecule has 0 atom stereocenters. The van der Waals surface area contributed by atoms with Crippen molar-refractivity contribution in [2.75, 3.05) is 0 Å². The molecule has 0 amide bonds. The fourth-order valence-corrected chi connectivity index (χ4v) is 1.03. The van der Waals surface area contributed by atoms with Crippen molar-refractivity contribution in [1.29, 1.82) is 0 Å². The van der Waals surface area contributed by atoms with E-state index in [2.05, 4.69) is 9.40 Å². The molecular weight excluding hydrogens is 152 g/mol. The maximum Gasteiger partial charge on any atom is 0.190 e. The van der Waals surface area contributed by atoms with Crippen LogP contribution in [0.3, 0.4) is 0 Å². The maximum atomic E-state index is 12.9. The van der Waals surface area contributed by atoms with Crippen molar-refractivity contribution in [2.45, 2.75) is 6.92 Å². The van der Waals surface area contributed by atoms with Crippen LogP contribution in [0.4, 0.5) is 8.78 Å². The zero-order valence-electron chi connectivity index (χ0n) is 5.74. The van der Waals surface area contributed by atoms with Gasteiger partial charge >= 0.3 is 0 Å². The number of furan rings is 1. The van der Waals surface area contributed by atoms with Crippen molar-refractivity contribution in [3.63, 3.8) is 0 Å². The lowest BCUT2D eigenvalue weighted by molar-refractivity contribution is 0.531. The second-order valence-corrected chi connectivity index (χ2v) is 2.35. The Labute approximate surface area is 60.8 Å². The molecule has 2 nitrogen and oxygen atoms in total. The van der Waals surface area contributed by atoms with Crippen LogP contribution in [0.2, 0.25) is 0 Å². The molecule has 0 bridgehead atoms. The molecule has 0 aliphatic heterocycles. The first-order valence-corrected chi connectivity index (χ1v) is 3.11. The fraction of sp³-hybridized carbons (Fsp3) is 0.143. The summed E-state index contributed by atoms with van der Waals surface area (Å²) in [5.41, 5.74) is 0.346. The van der Waals surface area contributed by atoms with Gasteiger partial charge in [-0.3, -0.25) is 0 Å². The molecule has 0 unspecified atom stereocenters. The quantitative estimate of drug-likeness (QED) is 0.624. The molecule has 0 radical (unpaired) electrons. The fourth-order valence-electron chi connectivity index (χ4n) is 1.03. The number of hydrogen-bond acceptors (Lipinski definition) is 1. The molecule has 58 valence electrons. The third-order valence-corrected chi connectivity index (χ3v) is 1.59. The van der Waals surface area contributed by atoms with Gasteiger partial charge in [-0.05, 0) is 6.92 Å². The van der Waals surface area contributed by atoms with Gasteiger partial charge in [-0.1, -0.05) is 0 Å². The summed E-state index contributed by atoms with van der Waals surface area (Å²) < 4.78 is 30.1. The molecule has 2 aromatic rings. The van der Waals surface area contributed by atoms with E-state index in [1.54, 1.807) is 0 Å². The molecule has 0 saturated heterocycles. The first-order valence-electron chi connectivity index (χ1n) is 3.11. The molecule has 0 aliphatic carbocycles. The highest BCUT2D eigenvalue weighted by molar-refractivity contribution is 5.75. The number of aromatic amines is 1. The third-order valence-electron chi connectivity index (χ3n) is 1.59. The van der Waals surface area contributed by atoms with E-state index in [1.165, 1.54) is 6.92 Å². The number of H-pyrrole nitrogens is 1. The Bertz CT molecular complexity index is 402. The molecule has 0 spiro atoms. The monoisotopic (exact) mass is 157 g/mol. The average molecular weight is 157 g/mol. The summed E-state index contributed by atoms with van der Waals surface area (Å²) in [6, 6.07) is 0. The molecule has 0 aromatic carbocycles. The van der Waals surface area contributed by atoms with Crippen LogP contribution >= 0.6 is 0 Å². The van der Waals surface area contributed by atoms with E-state index in [1.807, 2.05) is 0 Å². The number of nitrogens with one attached hydrogen (secondary N) is 1. The van der Waals surface area contributed by atoms with Crippen molar-refractivity contribution in [3.05, 3.63) is 23.6 Å². The number of rotatable bonds is 0. The van der Waals surface area contributed by atoms with Crippen LogP contribution in [0.1, 0.15) is 5.69 Å². The molecule has 0 aliphatic rings. The standard InChI is InChI=1S/C7H5F2NO/c1-3-5(9)7-6(10-3)4(8)2-11-7/h2,10H,1H3. The maximum absolute atomic E-state index is 12.9. The van der Waals surface area contributed by atoms with Crippen molar-refractivity contribution in [1.82, 2.24) is 4.98 Å². The van der Waals surface area contributed by atoms with E-state index < -0.39 is 11.6 Å². The Balaban J connectivity index is 2.93. The van der Waals surface area contributed by atoms with Gasteiger partial charge in [-0.15, -0.1) is 0 Å². The Morgan fingerprint density at radius 1 is 1.45 bits per heavy atom. The Hall–Kier alpha value is -1.32. The van der Waals surface area contributed by atoms with Gasteiger partial charge in [-0.25, -0.2) is 8.78 Å². The minimum atomic E-state index is -0.563. The Kier molecular flexibility index (Phi) is 1.07. The minimum Gasteiger partial charge on any atom is -0.456 e. The summed E-state index contributed by atoms with van der Waals surface area (Å²) in [4.78, 5) is 2.53. The second kappa shape index (κ2) is 1.84. The number of aromatic nitrogens is 1. The van der Waals surface area contributed by atoms with Gasteiger partial charge < -0.3 is 9.40 Å². The smallest absolute Gasteiger partial charge is 0.190 e. The first kappa shape index (κ1) is 6.39. The van der Waals surface area contributed by atoms with Crippen molar-refractivity contribution in [3.8, 4) is 0 Å². The molecular formula is C7H5F2NO. The predicted octanol–water partition coefficient (Wildman–Crippen LogP) is 2.35. The molecule has 0 saturated carbocycles. The molecule has 0 fully saturated rings. The zero-order chi connectivity index (χ0) is 8.01. The van der Waals surface area contributed by atoms with Crippen LogP contribution in [0.15, 0.2) is 10.7 Å². The van der Waals surface area contributed by atoms with Crippen molar-refractivity contribution < 1.29 is 13.2 Å². The van der Waals surface area contributed by atoms with Gasteiger partial charge in [0.1, 0.15) is 11.8 Å². The molecule has 1 N–H and O–H groups in total. The van der Waals surface area contributed by atoms with Crippen LogP contribution in [0.5, 0.6) is 0 Å². The van der Waals surface area contributed by atoms with Crippen LogP contribution in [-0.4, -0.2) is 4.98 Å². The lowest BCUT2D eigenvalue weighted by atomic mass is 10.4. The molecule has 2 heterocycles. The summed E-state index contributed by atoms with van der Waals surface area (Å²) in [5.74, 6) is -1.09. The second-order valence-electron chi connectivity index (χ2n) is 2.35. The highest BCUT2D eigenvalue weighted by Crippen LogP contribution is 2.23. The number of hydrogen-bond donors (Lipinski definition) is 1. The van der Waals surface area contributed by atoms with E-state index in [0.717, 1.165) is 6.26 Å². The van der Waals surface area contributed by atoms with E-state index in [0.29, 0.717) is 5.69 Å². The van der Waals surface area contributed by atoms with E-state index >= 15 is 0 Å².